The average molecular weight is 342 g/mol. The van der Waals surface area contributed by atoms with E-state index in [9.17, 15) is 19.8 Å². The van der Waals surface area contributed by atoms with E-state index in [-0.39, 0.29) is 29.4 Å². The molecule has 4 N–H and O–H groups in total. The number of aromatic nitrogens is 1. The number of hydrazone groups is 1. The lowest BCUT2D eigenvalue weighted by Crippen LogP contribution is -2.21. The highest BCUT2D eigenvalue weighted by atomic mass is 16.3. The van der Waals surface area contributed by atoms with Gasteiger partial charge < -0.3 is 15.5 Å². The molecule has 1 heterocycles. The molecule has 0 bridgehead atoms. The quantitative estimate of drug-likeness (QED) is 0.488. The minimum absolute atomic E-state index is 0.0303. The van der Waals surface area contributed by atoms with E-state index in [0.29, 0.717) is 11.5 Å². The first-order valence-corrected chi connectivity index (χ1v) is 7.44. The van der Waals surface area contributed by atoms with Crippen LogP contribution in [0.2, 0.25) is 0 Å². The fraction of sp³-hybridized carbons (Fsp3) is 0.176. The van der Waals surface area contributed by atoms with Crippen LogP contribution >= 0.6 is 0 Å². The van der Waals surface area contributed by atoms with Crippen molar-refractivity contribution in [2.24, 2.45) is 5.10 Å². The minimum atomic E-state index is -0.655. The molecule has 2 amide bonds. The fourth-order valence-electron chi connectivity index (χ4n) is 1.99. The fourth-order valence-corrected chi connectivity index (χ4v) is 1.99. The number of hydrogen-bond donors (Lipinski definition) is 4. The van der Waals surface area contributed by atoms with Crippen LogP contribution in [0.1, 0.15) is 29.4 Å². The van der Waals surface area contributed by atoms with Crippen LogP contribution in [0.25, 0.3) is 0 Å². The van der Waals surface area contributed by atoms with Crippen molar-refractivity contribution in [3.8, 4) is 11.5 Å². The van der Waals surface area contributed by atoms with Gasteiger partial charge in [0.15, 0.2) is 0 Å². The van der Waals surface area contributed by atoms with E-state index in [4.69, 9.17) is 0 Å². The second-order valence-electron chi connectivity index (χ2n) is 5.38. The van der Waals surface area contributed by atoms with Crippen molar-refractivity contribution in [1.82, 2.24) is 10.4 Å². The Morgan fingerprint density at radius 1 is 1.20 bits per heavy atom. The Morgan fingerprint density at radius 2 is 1.96 bits per heavy atom. The molecule has 8 nitrogen and oxygen atoms in total. The first-order valence-electron chi connectivity index (χ1n) is 7.44. The zero-order chi connectivity index (χ0) is 18.4. The number of carbonyl (C=O) groups excluding carboxylic acids is 2. The molecule has 0 saturated heterocycles. The summed E-state index contributed by atoms with van der Waals surface area (Å²) in [6.07, 6.45) is -0.0303. The van der Waals surface area contributed by atoms with Gasteiger partial charge >= 0.3 is 0 Å². The van der Waals surface area contributed by atoms with Crippen molar-refractivity contribution in [2.75, 3.05) is 5.32 Å². The second-order valence-corrected chi connectivity index (χ2v) is 5.38. The van der Waals surface area contributed by atoms with Gasteiger partial charge in [-0.25, -0.2) is 10.4 Å². The van der Waals surface area contributed by atoms with Crippen molar-refractivity contribution in [3.63, 3.8) is 0 Å². The van der Waals surface area contributed by atoms with Crippen LogP contribution < -0.4 is 10.7 Å². The van der Waals surface area contributed by atoms with Crippen molar-refractivity contribution >= 4 is 23.3 Å². The highest BCUT2D eigenvalue weighted by Crippen LogP contribution is 2.22. The Hall–Kier alpha value is -3.42. The van der Waals surface area contributed by atoms with Gasteiger partial charge in [-0.3, -0.25) is 9.59 Å². The monoisotopic (exact) mass is 342 g/mol. The number of carbonyl (C=O) groups is 2. The van der Waals surface area contributed by atoms with E-state index in [1.165, 1.54) is 12.1 Å². The lowest BCUT2D eigenvalue weighted by molar-refractivity contribution is -0.115. The second kappa shape index (κ2) is 7.91. The minimum Gasteiger partial charge on any atom is -0.508 e. The Labute approximate surface area is 144 Å². The van der Waals surface area contributed by atoms with Crippen molar-refractivity contribution in [2.45, 2.75) is 20.3 Å². The summed E-state index contributed by atoms with van der Waals surface area (Å²) in [6.45, 7) is 3.40. The topological polar surface area (TPSA) is 124 Å². The highest BCUT2D eigenvalue weighted by Gasteiger charge is 2.11. The number of pyridine rings is 1. The number of amides is 2. The number of nitrogens with zero attached hydrogens (tertiary/aromatic N) is 2. The van der Waals surface area contributed by atoms with Crippen LogP contribution in [0.3, 0.4) is 0 Å². The Morgan fingerprint density at radius 3 is 2.64 bits per heavy atom. The van der Waals surface area contributed by atoms with E-state index in [0.717, 1.165) is 11.8 Å². The number of phenols is 2. The number of rotatable bonds is 5. The third-order valence-electron chi connectivity index (χ3n) is 3.15. The first-order chi connectivity index (χ1) is 11.8. The van der Waals surface area contributed by atoms with Gasteiger partial charge in [0.1, 0.15) is 17.3 Å². The summed E-state index contributed by atoms with van der Waals surface area (Å²) in [7, 11) is 0. The summed E-state index contributed by atoms with van der Waals surface area (Å²) in [5.41, 5.74) is 3.36. The molecule has 2 rings (SSSR count). The molecule has 0 spiro atoms. The van der Waals surface area contributed by atoms with Gasteiger partial charge in [-0.05, 0) is 38.1 Å². The molecule has 25 heavy (non-hydrogen) atoms. The van der Waals surface area contributed by atoms with Crippen LogP contribution in [-0.4, -0.2) is 32.7 Å². The van der Waals surface area contributed by atoms with Gasteiger partial charge in [0.25, 0.3) is 5.91 Å². The normalized spacial score (nSPS) is 11.0. The van der Waals surface area contributed by atoms with Gasteiger partial charge in [0, 0.05) is 17.5 Å². The molecule has 0 saturated carbocycles. The molecule has 0 aliphatic carbocycles. The zero-order valence-corrected chi connectivity index (χ0v) is 13.8. The Bertz CT molecular complexity index is 833. The summed E-state index contributed by atoms with van der Waals surface area (Å²) in [4.78, 5) is 28.0. The molecular formula is C17H18N4O4. The molecular weight excluding hydrogens is 324 g/mol. The third-order valence-corrected chi connectivity index (χ3v) is 3.15. The van der Waals surface area contributed by atoms with Gasteiger partial charge in [-0.15, -0.1) is 0 Å². The highest BCUT2D eigenvalue weighted by molar-refractivity contribution is 6.06. The number of phenolic OH excluding ortho intramolecular Hbond substituents is 2. The predicted molar refractivity (Wildman–Crippen MR) is 92.6 cm³/mol. The van der Waals surface area contributed by atoms with Crippen LogP contribution in [0.15, 0.2) is 41.5 Å². The lowest BCUT2D eigenvalue weighted by Gasteiger charge is -2.06. The van der Waals surface area contributed by atoms with Gasteiger partial charge in [0.05, 0.1) is 12.0 Å². The van der Waals surface area contributed by atoms with Crippen molar-refractivity contribution < 1.29 is 19.8 Å². The summed E-state index contributed by atoms with van der Waals surface area (Å²) in [5.74, 6) is -1.06. The molecule has 0 unspecified atom stereocenters. The molecule has 130 valence electrons. The van der Waals surface area contributed by atoms with Crippen molar-refractivity contribution in [1.29, 1.82) is 0 Å². The van der Waals surface area contributed by atoms with Gasteiger partial charge in [0.2, 0.25) is 5.91 Å². The lowest BCUT2D eigenvalue weighted by atomic mass is 10.2. The molecule has 0 aliphatic heterocycles. The van der Waals surface area contributed by atoms with Gasteiger partial charge in [-0.2, -0.15) is 5.10 Å². The maximum atomic E-state index is 11.9. The molecule has 8 heteroatoms. The van der Waals surface area contributed by atoms with Crippen LogP contribution in [-0.2, 0) is 4.79 Å². The van der Waals surface area contributed by atoms with E-state index >= 15 is 0 Å². The molecule has 2 aromatic rings. The predicted octanol–water partition coefficient (Wildman–Crippen LogP) is 1.94. The maximum absolute atomic E-state index is 11.9. The number of aryl methyl sites for hydroxylation is 1. The van der Waals surface area contributed by atoms with Gasteiger partial charge in [-0.1, -0.05) is 6.07 Å². The summed E-state index contributed by atoms with van der Waals surface area (Å²) in [6, 6.07) is 8.86. The largest absolute Gasteiger partial charge is 0.508 e. The number of benzene rings is 1. The number of nitrogens with one attached hydrogen (secondary N) is 2. The summed E-state index contributed by atoms with van der Waals surface area (Å²) in [5, 5.41) is 25.3. The third kappa shape index (κ3) is 5.31. The van der Waals surface area contributed by atoms with E-state index in [2.05, 4.69) is 20.8 Å². The average Bonchev–Trinajstić information content (AvgIpc) is 2.52. The van der Waals surface area contributed by atoms with E-state index in [1.54, 1.807) is 19.1 Å². The Balaban J connectivity index is 1.92. The molecule has 1 aromatic heterocycles. The van der Waals surface area contributed by atoms with E-state index < -0.39 is 5.91 Å². The smallest absolute Gasteiger partial charge is 0.275 e. The zero-order valence-electron chi connectivity index (χ0n) is 13.8. The summed E-state index contributed by atoms with van der Waals surface area (Å²) < 4.78 is 0. The molecule has 0 radical (unpaired) electrons. The first kappa shape index (κ1) is 17.9. The molecule has 0 fully saturated rings. The van der Waals surface area contributed by atoms with E-state index in [1.807, 2.05) is 13.0 Å². The van der Waals surface area contributed by atoms with Crippen LogP contribution in [0.4, 0.5) is 5.82 Å². The standard InChI is InChI=1S/C17H18N4O4/c1-10-4-3-5-15(18-10)19-16(24)8-11(2)20-21-17(25)13-7-6-12(22)9-14(13)23/h3-7,9,22-23H,8H2,1-2H3,(H,21,25)(H,18,19,24)/b20-11-. The molecule has 0 atom stereocenters. The van der Waals surface area contributed by atoms with Crippen LogP contribution in [0.5, 0.6) is 11.5 Å². The number of aromatic hydroxyl groups is 2. The number of hydrogen-bond acceptors (Lipinski definition) is 6. The Kier molecular flexibility index (Phi) is 5.67. The molecule has 0 aliphatic rings. The molecule has 1 aromatic carbocycles. The van der Waals surface area contributed by atoms with Crippen molar-refractivity contribution in [3.05, 3.63) is 47.7 Å². The summed E-state index contributed by atoms with van der Waals surface area (Å²) >= 11 is 0. The SMILES string of the molecule is C/C(CC(=O)Nc1cccc(C)n1)=N/NC(=O)c1ccc(O)cc1O. The maximum Gasteiger partial charge on any atom is 0.275 e. The van der Waals surface area contributed by atoms with Crippen LogP contribution in [0, 0.1) is 6.92 Å². The number of anilines is 1.